The summed E-state index contributed by atoms with van der Waals surface area (Å²) in [5, 5.41) is 16.1. The van der Waals surface area contributed by atoms with Gasteiger partial charge in [0.2, 0.25) is 30.1 Å². The summed E-state index contributed by atoms with van der Waals surface area (Å²) in [7, 11) is -12.9. The molecule has 1 fully saturated rings. The van der Waals surface area contributed by atoms with E-state index in [1.165, 1.54) is 25.0 Å². The largest absolute Gasteiger partial charge is 0.457 e. The number of carbonyl (C=O) groups excluding carboxylic acids is 2. The quantitative estimate of drug-likeness (QED) is 0.0233. The summed E-state index contributed by atoms with van der Waals surface area (Å²) in [6.45, 7) is 2.43. The third-order valence-electron chi connectivity index (χ3n) is 14.3. The number of benzene rings is 4. The summed E-state index contributed by atoms with van der Waals surface area (Å²) in [6, 6.07) is 32.5. The molecule has 82 heavy (non-hydrogen) atoms. The van der Waals surface area contributed by atoms with Gasteiger partial charge < -0.3 is 28.5 Å². The highest BCUT2D eigenvalue weighted by molar-refractivity contribution is 7.90. The molecule has 0 spiro atoms. The Balaban J connectivity index is 1.21. The molecule has 1 aliphatic carbocycles. The minimum Gasteiger partial charge on any atom is -0.457 e. The maximum absolute atomic E-state index is 15.0. The lowest BCUT2D eigenvalue weighted by atomic mass is 9.83. The second-order valence-electron chi connectivity index (χ2n) is 20.9. The number of ether oxygens (including phenoxy) is 3. The Kier molecular flexibility index (Phi) is 24.8. The summed E-state index contributed by atoms with van der Waals surface area (Å²) in [5.41, 5.74) is 4.14. The van der Waals surface area contributed by atoms with Crippen LogP contribution in [0.5, 0.6) is 0 Å². The number of rotatable bonds is 36. The van der Waals surface area contributed by atoms with Crippen LogP contribution in [0.1, 0.15) is 91.9 Å². The van der Waals surface area contributed by atoms with Crippen molar-refractivity contribution in [3.63, 3.8) is 0 Å². The van der Waals surface area contributed by atoms with Crippen LogP contribution in [0.15, 0.2) is 146 Å². The molecule has 0 saturated heterocycles. The number of hydrogen-bond donors (Lipinski definition) is 5. The van der Waals surface area contributed by atoms with Crippen molar-refractivity contribution < 1.29 is 54.2 Å². The molecule has 6 aromatic rings. The van der Waals surface area contributed by atoms with Crippen LogP contribution in [-0.4, -0.2) is 115 Å². The molecule has 5 atom stereocenters. The zero-order valence-corrected chi connectivity index (χ0v) is 48.9. The average molecular weight is 1190 g/mol. The highest BCUT2D eigenvalue weighted by Crippen LogP contribution is 2.30. The highest BCUT2D eigenvalue weighted by Gasteiger charge is 2.40. The Hall–Kier alpha value is -6.15. The number of esters is 1. The van der Waals surface area contributed by atoms with Gasteiger partial charge in [-0.15, -0.1) is 0 Å². The van der Waals surface area contributed by atoms with E-state index in [0.717, 1.165) is 54.4 Å². The van der Waals surface area contributed by atoms with Crippen LogP contribution in [-0.2, 0) is 106 Å². The Morgan fingerprint density at radius 3 is 1.65 bits per heavy atom. The van der Waals surface area contributed by atoms with Gasteiger partial charge >= 0.3 is 5.97 Å². The number of sulfonamides is 3. The predicted molar refractivity (Wildman–Crippen MR) is 312 cm³/mol. The number of imidazole rings is 2. The number of aromatic nitrogens is 4. The molecule has 0 bridgehead atoms. The van der Waals surface area contributed by atoms with Gasteiger partial charge in [-0.1, -0.05) is 167 Å². The Morgan fingerprint density at radius 1 is 0.646 bits per heavy atom. The van der Waals surface area contributed by atoms with Gasteiger partial charge in [0.1, 0.15) is 37.5 Å². The Bertz CT molecular complexity index is 3200. The standard InChI is InChI=1S/C59H78N8O12S3/c1-2-3-31-62-82(75,76)41-56(79-59(70)55(64-80(71,72)32-29-46-19-9-4-10-20-46)36-52-38-61-43-67(52)45-78-40-50-27-17-8-18-28-50)57(68)53(34-48-23-13-6-14-24-48)63-54(58(69)65-81(73,74)33-30-47-21-11-5-12-22-47)35-51-37-60-42-66(51)44-77-39-49-25-15-7-16-26-49/h4-5,7-12,15-22,25-28,37-38,42-43,48,53-57,62-64,68H,2-3,6,13-14,23-24,29-36,39-41,44-45H2,1H3,(H,65,69)/t53-,54+,55+,56-,57+/m1/s1. The molecular weight excluding hydrogens is 1110 g/mol. The van der Waals surface area contributed by atoms with Gasteiger partial charge in [-0.3, -0.25) is 19.6 Å². The molecule has 1 saturated carbocycles. The third kappa shape index (κ3) is 21.6. The molecule has 1 aliphatic rings. The molecule has 0 unspecified atom stereocenters. The SMILES string of the molecule is CCCCNS(=O)(=O)C[C@@H](OC(=O)[C@H](Cc1cncn1COCc1ccccc1)NS(=O)(=O)CCc1ccccc1)[C@@H](O)[C@@H](CC1CCCCC1)N[C@@H](Cc1cncn1COCc1ccccc1)C(=O)NS(=O)(=O)CCc1ccccc1. The monoisotopic (exact) mass is 1190 g/mol. The van der Waals surface area contributed by atoms with Crippen LogP contribution in [0.3, 0.4) is 0 Å². The molecule has 23 heteroatoms. The first kappa shape index (κ1) is 63.4. The van der Waals surface area contributed by atoms with Crippen LogP contribution in [0.2, 0.25) is 0 Å². The van der Waals surface area contributed by atoms with Gasteiger partial charge in [0.25, 0.3) is 5.91 Å². The van der Waals surface area contributed by atoms with Crippen molar-refractivity contribution >= 4 is 41.9 Å². The van der Waals surface area contributed by atoms with E-state index in [4.69, 9.17) is 14.2 Å². The van der Waals surface area contributed by atoms with Gasteiger partial charge in [0.05, 0.1) is 43.4 Å². The molecule has 4 aromatic carbocycles. The summed E-state index contributed by atoms with van der Waals surface area (Å²) in [4.78, 5) is 38.3. The molecular formula is C59H78N8O12S3. The second-order valence-corrected chi connectivity index (χ2v) is 26.4. The maximum atomic E-state index is 15.0. The molecule has 0 aliphatic heterocycles. The van der Waals surface area contributed by atoms with E-state index in [2.05, 4.69) is 29.5 Å². The topological polar surface area (TPSA) is 268 Å². The minimum atomic E-state index is -4.34. The highest BCUT2D eigenvalue weighted by atomic mass is 32.2. The normalized spacial score (nSPS) is 15.3. The van der Waals surface area contributed by atoms with E-state index in [1.807, 2.05) is 79.7 Å². The fourth-order valence-electron chi connectivity index (χ4n) is 9.82. The van der Waals surface area contributed by atoms with Crippen molar-refractivity contribution in [2.24, 2.45) is 5.92 Å². The van der Waals surface area contributed by atoms with Gasteiger partial charge in [-0.2, -0.15) is 0 Å². The third-order valence-corrected chi connectivity index (χ3v) is 18.4. The number of aryl methyl sites for hydroxylation is 2. The number of amides is 1. The average Bonchev–Trinajstić information content (AvgIpc) is 4.20. The first-order valence-electron chi connectivity index (χ1n) is 28.0. The summed E-state index contributed by atoms with van der Waals surface area (Å²) < 4.78 is 113. The zero-order chi connectivity index (χ0) is 58.2. The maximum Gasteiger partial charge on any atom is 0.324 e. The molecule has 0 radical (unpaired) electrons. The smallest absolute Gasteiger partial charge is 0.324 e. The zero-order valence-electron chi connectivity index (χ0n) is 46.4. The van der Waals surface area contributed by atoms with E-state index in [-0.39, 0.29) is 71.2 Å². The molecule has 1 amide bonds. The number of nitrogens with one attached hydrogen (secondary N) is 4. The Morgan fingerprint density at radius 2 is 1.13 bits per heavy atom. The first-order chi connectivity index (χ1) is 39.5. The van der Waals surface area contributed by atoms with Crippen molar-refractivity contribution in [2.45, 2.75) is 141 Å². The number of nitrogens with zero attached hydrogens (tertiary/aromatic N) is 4. The number of carbonyl (C=O) groups is 2. The summed E-state index contributed by atoms with van der Waals surface area (Å²) >= 11 is 0. The fraction of sp³-hybridized carbons (Fsp3) is 0.458. The van der Waals surface area contributed by atoms with Gasteiger partial charge in [-0.25, -0.2) is 44.7 Å². The van der Waals surface area contributed by atoms with Crippen LogP contribution < -0.4 is 19.5 Å². The molecule has 20 nitrogen and oxygen atoms in total. The molecule has 2 heterocycles. The number of aliphatic hydroxyl groups excluding tert-OH is 1. The van der Waals surface area contributed by atoms with Crippen LogP contribution in [0.4, 0.5) is 0 Å². The number of aliphatic hydroxyl groups is 1. The number of unbranched alkanes of at least 4 members (excludes halogenated alkanes) is 1. The minimum absolute atomic E-state index is 0.0155. The first-order valence-corrected chi connectivity index (χ1v) is 32.9. The van der Waals surface area contributed by atoms with Crippen LogP contribution in [0, 0.1) is 5.92 Å². The van der Waals surface area contributed by atoms with Gasteiger partial charge in [0.15, 0.2) is 0 Å². The van der Waals surface area contributed by atoms with Crippen molar-refractivity contribution in [3.05, 3.63) is 180 Å². The molecule has 2 aromatic heterocycles. The van der Waals surface area contributed by atoms with Gasteiger partial charge in [0, 0.05) is 49.2 Å². The molecule has 444 valence electrons. The predicted octanol–water partition coefficient (Wildman–Crippen LogP) is 5.72. The van der Waals surface area contributed by atoms with E-state index in [9.17, 15) is 39.9 Å². The lowest BCUT2D eigenvalue weighted by Crippen LogP contribution is -2.59. The summed E-state index contributed by atoms with van der Waals surface area (Å²) in [5.74, 6) is -4.00. The lowest BCUT2D eigenvalue weighted by molar-refractivity contribution is -0.157. The van der Waals surface area contributed by atoms with Crippen molar-refractivity contribution in [1.29, 1.82) is 0 Å². The van der Waals surface area contributed by atoms with E-state index in [1.54, 1.807) is 57.7 Å². The fourth-order valence-corrected chi connectivity index (χ4v) is 13.4. The van der Waals surface area contributed by atoms with Crippen LogP contribution in [0.25, 0.3) is 0 Å². The molecule has 7 rings (SSSR count). The van der Waals surface area contributed by atoms with E-state index in [0.29, 0.717) is 24.2 Å². The lowest BCUT2D eigenvalue weighted by Gasteiger charge is -2.36. The second kappa shape index (κ2) is 32.1. The van der Waals surface area contributed by atoms with Crippen molar-refractivity contribution in [1.82, 2.24) is 38.6 Å². The van der Waals surface area contributed by atoms with Crippen LogP contribution >= 0.6 is 0 Å². The van der Waals surface area contributed by atoms with E-state index >= 15 is 0 Å². The van der Waals surface area contributed by atoms with Gasteiger partial charge in [-0.05, 0) is 53.9 Å². The van der Waals surface area contributed by atoms with E-state index < -0.39 is 89.5 Å². The molecule has 5 N–H and O–H groups in total. The number of hydrogen-bond acceptors (Lipinski definition) is 15. The Labute approximate surface area is 483 Å². The van der Waals surface area contributed by atoms with Crippen molar-refractivity contribution in [2.75, 3.05) is 23.8 Å². The van der Waals surface area contributed by atoms with Crippen molar-refractivity contribution in [3.8, 4) is 0 Å². The summed E-state index contributed by atoms with van der Waals surface area (Å²) in [6.07, 6.45) is 7.38.